The number of rotatable bonds is 8. The minimum atomic E-state index is -0.288. The predicted molar refractivity (Wildman–Crippen MR) is 117 cm³/mol. The van der Waals surface area contributed by atoms with Gasteiger partial charge in [-0.1, -0.05) is 19.9 Å². The van der Waals surface area contributed by atoms with E-state index < -0.39 is 0 Å². The first kappa shape index (κ1) is 21.7. The van der Waals surface area contributed by atoms with Gasteiger partial charge in [0.2, 0.25) is 0 Å². The van der Waals surface area contributed by atoms with E-state index in [2.05, 4.69) is 17.6 Å². The Morgan fingerprint density at radius 1 is 0.964 bits per heavy atom. The molecule has 0 saturated heterocycles. The number of carbonyl (C=O) groups is 1. The first-order valence-corrected chi connectivity index (χ1v) is 9.97. The molecule has 2 aromatic carbocycles. The van der Waals surface area contributed by atoms with Crippen LogP contribution in [0.25, 0.3) is 0 Å². The summed E-state index contributed by atoms with van der Waals surface area (Å²) in [4.78, 5) is 12.4. The van der Waals surface area contributed by atoms with Gasteiger partial charge in [0.15, 0.2) is 5.11 Å². The van der Waals surface area contributed by atoms with Crippen LogP contribution in [0.4, 0.5) is 5.69 Å². The van der Waals surface area contributed by atoms with Crippen LogP contribution in [-0.2, 0) is 0 Å². The SMILES string of the molecule is CCC(C)Oc1ccc(NC(=S)NC(=O)c2cccc(OC(C)CC)c2)cc1. The summed E-state index contributed by atoms with van der Waals surface area (Å²) < 4.78 is 11.5. The van der Waals surface area contributed by atoms with E-state index in [0.717, 1.165) is 24.3 Å². The van der Waals surface area contributed by atoms with Gasteiger partial charge in [-0.05, 0) is 81.4 Å². The van der Waals surface area contributed by atoms with Gasteiger partial charge in [0.25, 0.3) is 5.91 Å². The first-order valence-electron chi connectivity index (χ1n) is 9.57. The first-order chi connectivity index (χ1) is 13.4. The fraction of sp³-hybridized carbons (Fsp3) is 0.364. The number of thiocarbonyl (C=S) groups is 1. The maximum absolute atomic E-state index is 12.4. The van der Waals surface area contributed by atoms with Crippen LogP contribution in [0.3, 0.4) is 0 Å². The van der Waals surface area contributed by atoms with Crippen molar-refractivity contribution in [1.82, 2.24) is 5.32 Å². The van der Waals surface area contributed by atoms with Gasteiger partial charge in [-0.15, -0.1) is 0 Å². The standard InChI is InChI=1S/C22H28N2O3S/c1-5-15(3)26-19-12-10-18(11-13-19)23-22(28)24-21(25)17-8-7-9-20(14-17)27-16(4)6-2/h7-16H,5-6H2,1-4H3,(H2,23,24,25,28). The lowest BCUT2D eigenvalue weighted by atomic mass is 10.2. The van der Waals surface area contributed by atoms with Crippen molar-refractivity contribution in [2.45, 2.75) is 52.7 Å². The maximum atomic E-state index is 12.4. The monoisotopic (exact) mass is 400 g/mol. The second kappa shape index (κ2) is 10.7. The lowest BCUT2D eigenvalue weighted by Gasteiger charge is -2.14. The third-order valence-corrected chi connectivity index (χ3v) is 4.46. The molecule has 2 unspecified atom stereocenters. The van der Waals surface area contributed by atoms with Crippen molar-refractivity contribution < 1.29 is 14.3 Å². The van der Waals surface area contributed by atoms with Crippen molar-refractivity contribution in [2.24, 2.45) is 0 Å². The van der Waals surface area contributed by atoms with E-state index in [4.69, 9.17) is 21.7 Å². The molecule has 2 atom stereocenters. The van der Waals surface area contributed by atoms with Crippen molar-refractivity contribution in [3.63, 3.8) is 0 Å². The fourth-order valence-electron chi connectivity index (χ4n) is 2.30. The molecule has 0 saturated carbocycles. The molecule has 0 radical (unpaired) electrons. The van der Waals surface area contributed by atoms with Crippen LogP contribution in [0, 0.1) is 0 Å². The molecule has 0 aliphatic carbocycles. The molecular weight excluding hydrogens is 372 g/mol. The van der Waals surface area contributed by atoms with Gasteiger partial charge in [-0.3, -0.25) is 10.1 Å². The van der Waals surface area contributed by atoms with Crippen molar-refractivity contribution >= 4 is 28.9 Å². The Balaban J connectivity index is 1.92. The number of anilines is 1. The highest BCUT2D eigenvalue weighted by atomic mass is 32.1. The molecule has 6 heteroatoms. The molecule has 0 spiro atoms. The molecule has 28 heavy (non-hydrogen) atoms. The molecule has 0 bridgehead atoms. The molecule has 2 rings (SSSR count). The van der Waals surface area contributed by atoms with Crippen LogP contribution < -0.4 is 20.1 Å². The maximum Gasteiger partial charge on any atom is 0.257 e. The summed E-state index contributed by atoms with van der Waals surface area (Å²) in [5.41, 5.74) is 1.26. The van der Waals surface area contributed by atoms with E-state index >= 15 is 0 Å². The second-order valence-corrected chi connectivity index (χ2v) is 7.04. The Labute approximate surface area is 172 Å². The van der Waals surface area contributed by atoms with E-state index in [1.54, 1.807) is 18.2 Å². The highest BCUT2D eigenvalue weighted by molar-refractivity contribution is 7.80. The lowest BCUT2D eigenvalue weighted by Crippen LogP contribution is -2.34. The van der Waals surface area contributed by atoms with Crippen LogP contribution in [0.1, 0.15) is 50.9 Å². The van der Waals surface area contributed by atoms with Gasteiger partial charge in [0.1, 0.15) is 11.5 Å². The summed E-state index contributed by atoms with van der Waals surface area (Å²) in [6, 6.07) is 14.5. The number of hydrogen-bond donors (Lipinski definition) is 2. The highest BCUT2D eigenvalue weighted by Crippen LogP contribution is 2.18. The molecule has 150 valence electrons. The molecule has 0 aliphatic heterocycles. The molecule has 2 aromatic rings. The quantitative estimate of drug-likeness (QED) is 0.599. The van der Waals surface area contributed by atoms with Crippen molar-refractivity contribution in [2.75, 3.05) is 5.32 Å². The van der Waals surface area contributed by atoms with Crippen molar-refractivity contribution in [3.05, 3.63) is 54.1 Å². The zero-order chi connectivity index (χ0) is 20.5. The van der Waals surface area contributed by atoms with Gasteiger partial charge < -0.3 is 14.8 Å². The van der Waals surface area contributed by atoms with E-state index in [1.807, 2.05) is 51.1 Å². The average molecular weight is 401 g/mol. The largest absolute Gasteiger partial charge is 0.491 e. The van der Waals surface area contributed by atoms with Crippen LogP contribution in [0.5, 0.6) is 11.5 Å². The normalized spacial score (nSPS) is 12.6. The van der Waals surface area contributed by atoms with Crippen molar-refractivity contribution in [1.29, 1.82) is 0 Å². The number of amides is 1. The molecule has 2 N–H and O–H groups in total. The Kier molecular flexibility index (Phi) is 8.26. The van der Waals surface area contributed by atoms with Gasteiger partial charge in [-0.2, -0.15) is 0 Å². The minimum Gasteiger partial charge on any atom is -0.491 e. The number of hydrogen-bond acceptors (Lipinski definition) is 4. The van der Waals surface area contributed by atoms with Gasteiger partial charge in [0, 0.05) is 11.3 Å². The fourth-order valence-corrected chi connectivity index (χ4v) is 2.51. The number of carbonyl (C=O) groups excluding carboxylic acids is 1. The summed E-state index contributed by atoms with van der Waals surface area (Å²) >= 11 is 5.25. The number of ether oxygens (including phenoxy) is 2. The average Bonchev–Trinajstić information content (AvgIpc) is 2.69. The zero-order valence-corrected chi connectivity index (χ0v) is 17.6. The molecule has 0 fully saturated rings. The van der Waals surface area contributed by atoms with Crippen LogP contribution in [0.2, 0.25) is 0 Å². The van der Waals surface area contributed by atoms with Gasteiger partial charge >= 0.3 is 0 Å². The predicted octanol–water partition coefficient (Wildman–Crippen LogP) is 5.17. The zero-order valence-electron chi connectivity index (χ0n) is 16.8. The highest BCUT2D eigenvalue weighted by Gasteiger charge is 2.10. The summed E-state index contributed by atoms with van der Waals surface area (Å²) in [6.07, 6.45) is 2.10. The molecule has 5 nitrogen and oxygen atoms in total. The Bertz CT molecular complexity index is 793. The van der Waals surface area contributed by atoms with Crippen molar-refractivity contribution in [3.8, 4) is 11.5 Å². The van der Waals surface area contributed by atoms with E-state index in [-0.39, 0.29) is 23.2 Å². The summed E-state index contributed by atoms with van der Waals surface area (Å²) in [5.74, 6) is 1.18. The van der Waals surface area contributed by atoms with Crippen LogP contribution in [-0.4, -0.2) is 23.2 Å². The number of nitrogens with one attached hydrogen (secondary N) is 2. The van der Waals surface area contributed by atoms with Crippen LogP contribution in [0.15, 0.2) is 48.5 Å². The third kappa shape index (κ3) is 6.85. The second-order valence-electron chi connectivity index (χ2n) is 6.63. The Morgan fingerprint density at radius 2 is 1.57 bits per heavy atom. The summed E-state index contributed by atoms with van der Waals surface area (Å²) in [6.45, 7) is 8.15. The Hall–Kier alpha value is -2.60. The third-order valence-electron chi connectivity index (χ3n) is 4.26. The molecule has 0 aliphatic rings. The molecular formula is C22H28N2O3S. The van der Waals surface area contributed by atoms with E-state index in [1.165, 1.54) is 0 Å². The van der Waals surface area contributed by atoms with Gasteiger partial charge in [0.05, 0.1) is 12.2 Å². The van der Waals surface area contributed by atoms with Gasteiger partial charge in [-0.25, -0.2) is 0 Å². The molecule has 0 heterocycles. The molecule has 0 aromatic heterocycles. The lowest BCUT2D eigenvalue weighted by molar-refractivity contribution is 0.0977. The van der Waals surface area contributed by atoms with Crippen LogP contribution >= 0.6 is 12.2 Å². The summed E-state index contributed by atoms with van der Waals surface area (Å²) in [5, 5.41) is 5.93. The van der Waals surface area contributed by atoms with E-state index in [9.17, 15) is 4.79 Å². The topological polar surface area (TPSA) is 59.6 Å². The smallest absolute Gasteiger partial charge is 0.257 e. The molecule has 1 amide bonds. The Morgan fingerprint density at radius 3 is 2.18 bits per heavy atom. The summed E-state index contributed by atoms with van der Waals surface area (Å²) in [7, 11) is 0. The van der Waals surface area contributed by atoms with E-state index in [0.29, 0.717) is 11.3 Å². The number of benzene rings is 2. The minimum absolute atomic E-state index is 0.0910.